The molecular formula is C18H25ClN2O2. The van der Waals surface area contributed by atoms with Crippen molar-refractivity contribution in [1.82, 2.24) is 9.80 Å². The normalized spacial score (nSPS) is 17.9. The third-order valence-electron chi connectivity index (χ3n) is 4.43. The third kappa shape index (κ3) is 4.71. The first kappa shape index (κ1) is 17.8. The van der Waals surface area contributed by atoms with E-state index in [4.69, 9.17) is 11.6 Å². The maximum Gasteiger partial charge on any atom is 0.226 e. The quantitative estimate of drug-likeness (QED) is 0.848. The van der Waals surface area contributed by atoms with Gasteiger partial charge in [-0.15, -0.1) is 0 Å². The number of carbonyl (C=O) groups excluding carboxylic acids is 2. The summed E-state index contributed by atoms with van der Waals surface area (Å²) in [6, 6.07) is 5.93. The molecule has 0 unspecified atom stereocenters. The molecule has 1 atom stereocenters. The molecule has 0 saturated carbocycles. The van der Waals surface area contributed by atoms with E-state index in [-0.39, 0.29) is 17.7 Å². The van der Waals surface area contributed by atoms with E-state index in [2.05, 4.69) is 0 Å². The van der Waals surface area contributed by atoms with Crippen LogP contribution in [0.2, 0.25) is 5.02 Å². The fourth-order valence-electron chi connectivity index (χ4n) is 2.97. The third-order valence-corrected chi connectivity index (χ3v) is 4.84. The second-order valence-electron chi connectivity index (χ2n) is 6.50. The van der Waals surface area contributed by atoms with E-state index in [1.807, 2.05) is 30.0 Å². The molecule has 0 bridgehead atoms. The van der Waals surface area contributed by atoms with Crippen LogP contribution in [0.4, 0.5) is 0 Å². The summed E-state index contributed by atoms with van der Waals surface area (Å²) in [5, 5.41) is 0.740. The Labute approximate surface area is 143 Å². The molecule has 1 aliphatic rings. The van der Waals surface area contributed by atoms with Gasteiger partial charge < -0.3 is 9.80 Å². The van der Waals surface area contributed by atoms with Crippen molar-refractivity contribution in [2.75, 3.05) is 27.2 Å². The molecule has 0 N–H and O–H groups in total. The lowest BCUT2D eigenvalue weighted by Crippen LogP contribution is -2.45. The predicted molar refractivity (Wildman–Crippen MR) is 92.5 cm³/mol. The van der Waals surface area contributed by atoms with E-state index >= 15 is 0 Å². The maximum absolute atomic E-state index is 12.4. The largest absolute Gasteiger partial charge is 0.349 e. The standard InChI is InChI=1S/C18H25ClN2O2/c1-13-6-7-14(11-16(13)19)8-9-17(22)21-10-4-5-15(12-21)18(23)20(2)3/h6-7,11,15H,4-5,8-10,12H2,1-3H3/t15-/m0/s1. The number of carbonyl (C=O) groups is 2. The van der Waals surface area contributed by atoms with Gasteiger partial charge in [-0.2, -0.15) is 0 Å². The van der Waals surface area contributed by atoms with Gasteiger partial charge in [-0.25, -0.2) is 0 Å². The Bertz CT molecular complexity index is 586. The van der Waals surface area contributed by atoms with Crippen LogP contribution in [0.3, 0.4) is 0 Å². The van der Waals surface area contributed by atoms with Crippen LogP contribution < -0.4 is 0 Å². The number of nitrogens with zero attached hydrogens (tertiary/aromatic N) is 2. The first-order chi connectivity index (χ1) is 10.9. The first-order valence-electron chi connectivity index (χ1n) is 8.12. The molecule has 2 rings (SSSR count). The minimum absolute atomic E-state index is 0.0588. The summed E-state index contributed by atoms with van der Waals surface area (Å²) < 4.78 is 0. The van der Waals surface area contributed by atoms with Crippen LogP contribution in [0, 0.1) is 12.8 Å². The molecule has 1 fully saturated rings. The summed E-state index contributed by atoms with van der Waals surface area (Å²) in [6.45, 7) is 3.27. The monoisotopic (exact) mass is 336 g/mol. The van der Waals surface area contributed by atoms with Crippen molar-refractivity contribution in [3.05, 3.63) is 34.3 Å². The van der Waals surface area contributed by atoms with Crippen molar-refractivity contribution < 1.29 is 9.59 Å². The molecular weight excluding hydrogens is 312 g/mol. The fraction of sp³-hybridized carbons (Fsp3) is 0.556. The molecule has 4 nitrogen and oxygen atoms in total. The second-order valence-corrected chi connectivity index (χ2v) is 6.90. The van der Waals surface area contributed by atoms with E-state index in [9.17, 15) is 9.59 Å². The average molecular weight is 337 g/mol. The molecule has 1 aromatic carbocycles. The zero-order valence-electron chi connectivity index (χ0n) is 14.1. The van der Waals surface area contributed by atoms with Gasteiger partial charge in [0, 0.05) is 38.6 Å². The van der Waals surface area contributed by atoms with E-state index in [0.29, 0.717) is 19.4 Å². The molecule has 126 valence electrons. The Morgan fingerprint density at radius 1 is 1.35 bits per heavy atom. The molecule has 0 aliphatic carbocycles. The van der Waals surface area contributed by atoms with E-state index < -0.39 is 0 Å². The number of rotatable bonds is 4. The van der Waals surface area contributed by atoms with Gasteiger partial charge in [0.15, 0.2) is 0 Å². The smallest absolute Gasteiger partial charge is 0.226 e. The van der Waals surface area contributed by atoms with Crippen molar-refractivity contribution in [2.24, 2.45) is 5.92 Å². The molecule has 5 heteroatoms. The van der Waals surface area contributed by atoms with Crippen LogP contribution in [0.1, 0.15) is 30.4 Å². The Kier molecular flexibility index (Phi) is 6.05. The van der Waals surface area contributed by atoms with E-state index in [0.717, 1.165) is 35.5 Å². The first-order valence-corrected chi connectivity index (χ1v) is 8.50. The van der Waals surface area contributed by atoms with Crippen LogP contribution in [0.15, 0.2) is 18.2 Å². The molecule has 0 radical (unpaired) electrons. The Hall–Kier alpha value is -1.55. The number of benzene rings is 1. The van der Waals surface area contributed by atoms with E-state index in [1.165, 1.54) is 0 Å². The fourth-order valence-corrected chi connectivity index (χ4v) is 3.17. The lowest BCUT2D eigenvalue weighted by Gasteiger charge is -2.33. The molecule has 1 aromatic rings. The predicted octanol–water partition coefficient (Wildman–Crippen LogP) is 2.91. The van der Waals surface area contributed by atoms with Crippen molar-refractivity contribution in [2.45, 2.75) is 32.6 Å². The van der Waals surface area contributed by atoms with Gasteiger partial charge in [-0.1, -0.05) is 23.7 Å². The molecule has 23 heavy (non-hydrogen) atoms. The topological polar surface area (TPSA) is 40.6 Å². The molecule has 0 spiro atoms. The molecule has 1 aliphatic heterocycles. The number of likely N-dealkylation sites (tertiary alicyclic amines) is 1. The van der Waals surface area contributed by atoms with Crippen molar-refractivity contribution >= 4 is 23.4 Å². The zero-order valence-corrected chi connectivity index (χ0v) is 14.9. The summed E-state index contributed by atoms with van der Waals surface area (Å²) >= 11 is 6.12. The van der Waals surface area contributed by atoms with Crippen LogP contribution in [0.25, 0.3) is 0 Å². The van der Waals surface area contributed by atoms with Crippen LogP contribution in [-0.4, -0.2) is 48.8 Å². The second kappa shape index (κ2) is 7.82. The van der Waals surface area contributed by atoms with E-state index in [1.54, 1.807) is 19.0 Å². The van der Waals surface area contributed by atoms with Crippen LogP contribution >= 0.6 is 11.6 Å². The van der Waals surface area contributed by atoms with Crippen LogP contribution in [0.5, 0.6) is 0 Å². The molecule has 2 amide bonds. The van der Waals surface area contributed by atoms with Gasteiger partial charge in [0.05, 0.1) is 5.92 Å². The number of aryl methyl sites for hydroxylation is 2. The summed E-state index contributed by atoms with van der Waals surface area (Å²) in [6.07, 6.45) is 2.91. The minimum Gasteiger partial charge on any atom is -0.349 e. The van der Waals surface area contributed by atoms with Gasteiger partial charge in [-0.05, 0) is 43.4 Å². The number of amides is 2. The summed E-state index contributed by atoms with van der Waals surface area (Å²) in [5.41, 5.74) is 2.12. The Balaban J connectivity index is 1.89. The highest BCUT2D eigenvalue weighted by Crippen LogP contribution is 2.21. The summed E-state index contributed by atoms with van der Waals surface area (Å²) in [7, 11) is 3.54. The van der Waals surface area contributed by atoms with Gasteiger partial charge in [-0.3, -0.25) is 9.59 Å². The molecule has 1 heterocycles. The molecule has 0 aromatic heterocycles. The number of halogens is 1. The number of piperidine rings is 1. The van der Waals surface area contributed by atoms with Gasteiger partial charge in [0.25, 0.3) is 0 Å². The highest BCUT2D eigenvalue weighted by molar-refractivity contribution is 6.31. The summed E-state index contributed by atoms with van der Waals surface area (Å²) in [4.78, 5) is 28.0. The maximum atomic E-state index is 12.4. The average Bonchev–Trinajstić information content (AvgIpc) is 2.55. The molecule has 1 saturated heterocycles. The number of hydrogen-bond donors (Lipinski definition) is 0. The summed E-state index contributed by atoms with van der Waals surface area (Å²) in [5.74, 6) is 0.183. The van der Waals surface area contributed by atoms with Crippen LogP contribution in [-0.2, 0) is 16.0 Å². The SMILES string of the molecule is Cc1ccc(CCC(=O)N2CCC[C@H](C(=O)N(C)C)C2)cc1Cl. The lowest BCUT2D eigenvalue weighted by atomic mass is 9.96. The Morgan fingerprint density at radius 2 is 2.09 bits per heavy atom. The Morgan fingerprint density at radius 3 is 2.74 bits per heavy atom. The zero-order chi connectivity index (χ0) is 17.0. The van der Waals surface area contributed by atoms with Gasteiger partial charge in [0.1, 0.15) is 0 Å². The van der Waals surface area contributed by atoms with Gasteiger partial charge >= 0.3 is 0 Å². The number of hydrogen-bond acceptors (Lipinski definition) is 2. The van der Waals surface area contributed by atoms with Gasteiger partial charge in [0.2, 0.25) is 11.8 Å². The van der Waals surface area contributed by atoms with Crippen molar-refractivity contribution in [3.8, 4) is 0 Å². The van der Waals surface area contributed by atoms with Crippen molar-refractivity contribution in [3.63, 3.8) is 0 Å². The van der Waals surface area contributed by atoms with Crippen molar-refractivity contribution in [1.29, 1.82) is 0 Å². The highest BCUT2D eigenvalue weighted by Gasteiger charge is 2.28. The lowest BCUT2D eigenvalue weighted by molar-refractivity contribution is -0.139. The highest BCUT2D eigenvalue weighted by atomic mass is 35.5. The minimum atomic E-state index is -0.0588.